The first kappa shape index (κ1) is 16.7. The third-order valence-corrected chi connectivity index (χ3v) is 3.99. The number of rotatable bonds is 5. The summed E-state index contributed by atoms with van der Waals surface area (Å²) in [6.07, 6.45) is 0. The number of benzene rings is 3. The Balaban J connectivity index is 1.59. The molecule has 0 fully saturated rings. The Labute approximate surface area is 146 Å². The lowest BCUT2D eigenvalue weighted by Gasteiger charge is -2.10. The van der Waals surface area contributed by atoms with Crippen LogP contribution in [0.2, 0.25) is 0 Å². The van der Waals surface area contributed by atoms with Gasteiger partial charge in [-0.3, -0.25) is 4.79 Å². The zero-order valence-corrected chi connectivity index (χ0v) is 13.9. The van der Waals surface area contributed by atoms with Crippen LogP contribution in [0.15, 0.2) is 72.8 Å². The predicted octanol–water partition coefficient (Wildman–Crippen LogP) is 5.00. The van der Waals surface area contributed by atoms with Gasteiger partial charge in [-0.2, -0.15) is 0 Å². The molecule has 0 aliphatic carbocycles. The van der Waals surface area contributed by atoms with Gasteiger partial charge in [0.2, 0.25) is 0 Å². The third-order valence-electron chi connectivity index (χ3n) is 3.99. The number of carbonyl (C=O) groups is 1. The number of aryl methyl sites for hydroxylation is 1. The Morgan fingerprint density at radius 2 is 1.52 bits per heavy atom. The van der Waals surface area contributed by atoms with Crippen molar-refractivity contribution in [3.63, 3.8) is 0 Å². The summed E-state index contributed by atoms with van der Waals surface area (Å²) >= 11 is 0. The van der Waals surface area contributed by atoms with Crippen LogP contribution in [0.4, 0.5) is 15.8 Å². The Morgan fingerprint density at radius 3 is 2.20 bits per heavy atom. The minimum absolute atomic E-state index is 0.263. The van der Waals surface area contributed by atoms with E-state index in [9.17, 15) is 9.18 Å². The summed E-state index contributed by atoms with van der Waals surface area (Å²) in [5.74, 6) is -0.624. The highest BCUT2D eigenvalue weighted by Gasteiger charge is 2.06. The molecule has 0 bridgehead atoms. The monoisotopic (exact) mass is 334 g/mol. The molecule has 4 heteroatoms. The van der Waals surface area contributed by atoms with Gasteiger partial charge < -0.3 is 10.6 Å². The molecule has 3 aromatic rings. The zero-order valence-electron chi connectivity index (χ0n) is 13.9. The van der Waals surface area contributed by atoms with E-state index in [1.54, 1.807) is 0 Å². The van der Waals surface area contributed by atoms with Gasteiger partial charge in [0.05, 0.1) is 0 Å². The normalized spacial score (nSPS) is 10.3. The molecule has 0 aliphatic rings. The summed E-state index contributed by atoms with van der Waals surface area (Å²) in [5, 5.41) is 6.16. The predicted molar refractivity (Wildman–Crippen MR) is 99.3 cm³/mol. The van der Waals surface area contributed by atoms with E-state index >= 15 is 0 Å². The number of amides is 1. The number of halogens is 1. The lowest BCUT2D eigenvalue weighted by atomic mass is 10.1. The lowest BCUT2D eigenvalue weighted by Crippen LogP contribution is -2.11. The SMILES string of the molecule is Cc1ccccc1CNc1ccc(NC(=O)c2ccc(F)cc2)cc1. The van der Waals surface area contributed by atoms with Crippen LogP contribution >= 0.6 is 0 Å². The number of carbonyl (C=O) groups excluding carboxylic acids is 1. The van der Waals surface area contributed by atoms with Gasteiger partial charge in [0, 0.05) is 23.5 Å². The molecule has 0 saturated heterocycles. The second-order valence-electron chi connectivity index (χ2n) is 5.82. The van der Waals surface area contributed by atoms with E-state index < -0.39 is 0 Å². The molecule has 0 saturated carbocycles. The third kappa shape index (κ3) is 4.44. The highest BCUT2D eigenvalue weighted by atomic mass is 19.1. The minimum Gasteiger partial charge on any atom is -0.381 e. The fraction of sp³-hybridized carbons (Fsp3) is 0.0952. The molecule has 0 radical (unpaired) electrons. The van der Waals surface area contributed by atoms with E-state index in [0.717, 1.165) is 12.2 Å². The summed E-state index contributed by atoms with van der Waals surface area (Å²) in [7, 11) is 0. The standard InChI is InChI=1S/C21H19FN2O/c1-15-4-2-3-5-17(15)14-23-19-10-12-20(13-11-19)24-21(25)16-6-8-18(22)9-7-16/h2-13,23H,14H2,1H3,(H,24,25). The molecular formula is C21H19FN2O. The maximum Gasteiger partial charge on any atom is 0.255 e. The van der Waals surface area contributed by atoms with Crippen molar-refractivity contribution in [3.05, 3.63) is 95.3 Å². The molecule has 3 nitrogen and oxygen atoms in total. The van der Waals surface area contributed by atoms with E-state index in [-0.39, 0.29) is 11.7 Å². The fourth-order valence-electron chi connectivity index (χ4n) is 2.48. The van der Waals surface area contributed by atoms with Gasteiger partial charge in [-0.05, 0) is 66.6 Å². The Bertz CT molecular complexity index is 858. The van der Waals surface area contributed by atoms with Crippen molar-refractivity contribution in [1.29, 1.82) is 0 Å². The second-order valence-corrected chi connectivity index (χ2v) is 5.82. The van der Waals surface area contributed by atoms with Crippen molar-refractivity contribution >= 4 is 17.3 Å². The van der Waals surface area contributed by atoms with Gasteiger partial charge in [0.1, 0.15) is 5.82 Å². The van der Waals surface area contributed by atoms with Crippen LogP contribution in [0.3, 0.4) is 0 Å². The van der Waals surface area contributed by atoms with Gasteiger partial charge in [-0.1, -0.05) is 24.3 Å². The Morgan fingerprint density at radius 1 is 0.880 bits per heavy atom. The van der Waals surface area contributed by atoms with Crippen LogP contribution in [0.5, 0.6) is 0 Å². The van der Waals surface area contributed by atoms with E-state index in [1.165, 1.54) is 35.4 Å². The largest absolute Gasteiger partial charge is 0.381 e. The van der Waals surface area contributed by atoms with Crippen LogP contribution in [0, 0.1) is 12.7 Å². The average Bonchev–Trinajstić information content (AvgIpc) is 2.63. The highest BCUT2D eigenvalue weighted by Crippen LogP contribution is 2.16. The van der Waals surface area contributed by atoms with Crippen LogP contribution in [0.1, 0.15) is 21.5 Å². The van der Waals surface area contributed by atoms with Crippen LogP contribution < -0.4 is 10.6 Å². The van der Waals surface area contributed by atoms with Gasteiger partial charge in [-0.25, -0.2) is 4.39 Å². The quantitative estimate of drug-likeness (QED) is 0.689. The van der Waals surface area contributed by atoms with E-state index in [0.29, 0.717) is 11.3 Å². The average molecular weight is 334 g/mol. The number of anilines is 2. The van der Waals surface area contributed by atoms with Crippen molar-refractivity contribution in [2.75, 3.05) is 10.6 Å². The van der Waals surface area contributed by atoms with Crippen molar-refractivity contribution in [1.82, 2.24) is 0 Å². The molecule has 0 spiro atoms. The molecule has 25 heavy (non-hydrogen) atoms. The molecule has 0 atom stereocenters. The molecule has 2 N–H and O–H groups in total. The summed E-state index contributed by atoms with van der Waals surface area (Å²) in [4.78, 5) is 12.1. The van der Waals surface area contributed by atoms with Crippen molar-refractivity contribution in [2.24, 2.45) is 0 Å². The topological polar surface area (TPSA) is 41.1 Å². The number of hydrogen-bond acceptors (Lipinski definition) is 2. The maximum absolute atomic E-state index is 12.9. The Kier molecular flexibility index (Phi) is 5.09. The van der Waals surface area contributed by atoms with Crippen molar-refractivity contribution in [3.8, 4) is 0 Å². The number of hydrogen-bond donors (Lipinski definition) is 2. The van der Waals surface area contributed by atoms with E-state index in [2.05, 4.69) is 29.7 Å². The van der Waals surface area contributed by atoms with Crippen molar-refractivity contribution in [2.45, 2.75) is 13.5 Å². The fourth-order valence-corrected chi connectivity index (χ4v) is 2.48. The van der Waals surface area contributed by atoms with Gasteiger partial charge >= 0.3 is 0 Å². The first-order valence-electron chi connectivity index (χ1n) is 8.07. The molecule has 126 valence electrons. The summed E-state index contributed by atoms with van der Waals surface area (Å²) < 4.78 is 12.9. The Hall–Kier alpha value is -3.14. The summed E-state index contributed by atoms with van der Waals surface area (Å²) in [5.41, 5.74) is 4.58. The molecule has 3 aromatic carbocycles. The van der Waals surface area contributed by atoms with Crippen LogP contribution in [-0.2, 0) is 6.54 Å². The molecule has 0 heterocycles. The molecule has 0 aliphatic heterocycles. The second kappa shape index (κ2) is 7.62. The highest BCUT2D eigenvalue weighted by molar-refractivity contribution is 6.04. The molecule has 0 aromatic heterocycles. The van der Waals surface area contributed by atoms with Gasteiger partial charge in [0.15, 0.2) is 0 Å². The first-order valence-corrected chi connectivity index (χ1v) is 8.07. The molecule has 1 amide bonds. The van der Waals surface area contributed by atoms with Crippen molar-refractivity contribution < 1.29 is 9.18 Å². The number of nitrogens with one attached hydrogen (secondary N) is 2. The van der Waals surface area contributed by atoms with Gasteiger partial charge in [-0.15, -0.1) is 0 Å². The minimum atomic E-state index is -0.361. The van der Waals surface area contributed by atoms with E-state index in [4.69, 9.17) is 0 Å². The van der Waals surface area contributed by atoms with Crippen LogP contribution in [-0.4, -0.2) is 5.91 Å². The molecular weight excluding hydrogens is 315 g/mol. The molecule has 0 unspecified atom stereocenters. The summed E-state index contributed by atoms with van der Waals surface area (Å²) in [6, 6.07) is 21.2. The van der Waals surface area contributed by atoms with Crippen LogP contribution in [0.25, 0.3) is 0 Å². The molecule has 3 rings (SSSR count). The maximum atomic E-state index is 12.9. The van der Waals surface area contributed by atoms with E-state index in [1.807, 2.05) is 36.4 Å². The van der Waals surface area contributed by atoms with Gasteiger partial charge in [0.25, 0.3) is 5.91 Å². The first-order chi connectivity index (χ1) is 12.1. The smallest absolute Gasteiger partial charge is 0.255 e. The summed E-state index contributed by atoms with van der Waals surface area (Å²) in [6.45, 7) is 2.83. The lowest BCUT2D eigenvalue weighted by molar-refractivity contribution is 0.102. The zero-order chi connectivity index (χ0) is 17.6.